The Labute approximate surface area is 137 Å². The fraction of sp³-hybridized carbons (Fsp3) is 0.438. The molecule has 0 bridgehead atoms. The summed E-state index contributed by atoms with van der Waals surface area (Å²) in [6.07, 6.45) is 2.56. The number of hydrogen-bond donors (Lipinski definition) is 2. The van der Waals surface area contributed by atoms with Gasteiger partial charge >= 0.3 is 6.09 Å². The standard InChI is InChI=1S/C16H24N2O4S/c1-16(2,3)22-15(19)18-14-7-5-12(6-8-14)11-13(17)9-10-23(4,20)21/h5-10,13H,11,17H2,1-4H3,(H,18,19)/b10-9+/t13-/m1/s1. The van der Waals surface area contributed by atoms with Crippen molar-refractivity contribution in [3.8, 4) is 0 Å². The van der Waals surface area contributed by atoms with Gasteiger partial charge in [-0.05, 0) is 44.9 Å². The predicted molar refractivity (Wildman–Crippen MR) is 92.0 cm³/mol. The summed E-state index contributed by atoms with van der Waals surface area (Å²) in [5.74, 6) is 0. The van der Waals surface area contributed by atoms with Gasteiger partial charge in [-0.3, -0.25) is 5.32 Å². The highest BCUT2D eigenvalue weighted by Gasteiger charge is 2.16. The molecule has 0 heterocycles. The number of carbonyl (C=O) groups is 1. The SMILES string of the molecule is CC(C)(C)OC(=O)Nc1ccc(C[C@H](N)/C=C/S(C)(=O)=O)cc1. The topological polar surface area (TPSA) is 98.5 Å². The molecule has 23 heavy (non-hydrogen) atoms. The van der Waals surface area contributed by atoms with Gasteiger partial charge in [0.15, 0.2) is 9.84 Å². The number of ether oxygens (including phenoxy) is 1. The van der Waals surface area contributed by atoms with Crippen LogP contribution in [0.25, 0.3) is 0 Å². The molecule has 0 fully saturated rings. The molecule has 0 spiro atoms. The first-order chi connectivity index (χ1) is 10.4. The Morgan fingerprint density at radius 1 is 1.30 bits per heavy atom. The zero-order valence-corrected chi connectivity index (χ0v) is 14.7. The zero-order valence-electron chi connectivity index (χ0n) is 13.9. The van der Waals surface area contributed by atoms with Crippen molar-refractivity contribution >= 4 is 21.6 Å². The highest BCUT2D eigenvalue weighted by atomic mass is 32.2. The van der Waals surface area contributed by atoms with Gasteiger partial charge in [0, 0.05) is 23.4 Å². The van der Waals surface area contributed by atoms with Crippen LogP contribution in [0.15, 0.2) is 35.7 Å². The molecular formula is C16H24N2O4S. The number of rotatable bonds is 5. The third-order valence-electron chi connectivity index (χ3n) is 2.64. The Hall–Kier alpha value is -1.86. The minimum absolute atomic E-state index is 0.394. The van der Waals surface area contributed by atoms with Crippen LogP contribution < -0.4 is 11.1 Å². The number of nitrogens with two attached hydrogens (primary N) is 1. The van der Waals surface area contributed by atoms with Gasteiger partial charge in [-0.15, -0.1) is 0 Å². The summed E-state index contributed by atoms with van der Waals surface area (Å²) in [4.78, 5) is 11.7. The van der Waals surface area contributed by atoms with Crippen molar-refractivity contribution in [2.24, 2.45) is 5.73 Å². The number of carbonyl (C=O) groups excluding carboxylic acids is 1. The van der Waals surface area contributed by atoms with Crippen LogP contribution in [0, 0.1) is 0 Å². The maximum Gasteiger partial charge on any atom is 0.412 e. The number of nitrogens with one attached hydrogen (secondary N) is 1. The van der Waals surface area contributed by atoms with Crippen molar-refractivity contribution in [3.63, 3.8) is 0 Å². The minimum Gasteiger partial charge on any atom is -0.444 e. The average molecular weight is 340 g/mol. The summed E-state index contributed by atoms with van der Waals surface area (Å²) < 4.78 is 27.2. The van der Waals surface area contributed by atoms with E-state index in [1.807, 2.05) is 12.1 Å². The average Bonchev–Trinajstić information content (AvgIpc) is 2.36. The van der Waals surface area contributed by atoms with Gasteiger partial charge in [-0.2, -0.15) is 0 Å². The van der Waals surface area contributed by atoms with Crippen LogP contribution in [0.2, 0.25) is 0 Å². The number of hydrogen-bond acceptors (Lipinski definition) is 5. The summed E-state index contributed by atoms with van der Waals surface area (Å²) in [6, 6.07) is 6.73. The second-order valence-corrected chi connectivity index (χ2v) is 8.28. The van der Waals surface area contributed by atoms with Crippen LogP contribution in [0.1, 0.15) is 26.3 Å². The van der Waals surface area contributed by atoms with Crippen LogP contribution in [-0.4, -0.2) is 32.4 Å². The van der Waals surface area contributed by atoms with Crippen molar-refractivity contribution in [3.05, 3.63) is 41.3 Å². The van der Waals surface area contributed by atoms with Gasteiger partial charge in [-0.25, -0.2) is 13.2 Å². The molecule has 0 aliphatic heterocycles. The van der Waals surface area contributed by atoms with Gasteiger partial charge in [0.05, 0.1) is 0 Å². The van der Waals surface area contributed by atoms with Crippen molar-refractivity contribution in [2.75, 3.05) is 11.6 Å². The summed E-state index contributed by atoms with van der Waals surface area (Å²) in [6.45, 7) is 5.38. The molecule has 0 unspecified atom stereocenters. The maximum atomic E-state index is 11.7. The van der Waals surface area contributed by atoms with Crippen LogP contribution >= 0.6 is 0 Å². The molecule has 1 atom stereocenters. The van der Waals surface area contributed by atoms with E-state index in [9.17, 15) is 13.2 Å². The molecule has 0 aliphatic rings. The fourth-order valence-electron chi connectivity index (χ4n) is 1.73. The molecule has 0 aliphatic carbocycles. The molecule has 6 nitrogen and oxygen atoms in total. The predicted octanol–water partition coefficient (Wildman–Crippen LogP) is 2.46. The van der Waals surface area contributed by atoms with E-state index in [4.69, 9.17) is 10.5 Å². The molecule has 1 amide bonds. The summed E-state index contributed by atoms with van der Waals surface area (Å²) in [5, 5.41) is 3.75. The minimum atomic E-state index is -3.17. The number of amides is 1. The lowest BCUT2D eigenvalue weighted by Crippen LogP contribution is -2.27. The van der Waals surface area contributed by atoms with Gasteiger partial charge in [0.2, 0.25) is 0 Å². The molecule has 1 rings (SSSR count). The number of anilines is 1. The van der Waals surface area contributed by atoms with E-state index in [-0.39, 0.29) is 0 Å². The first kappa shape index (κ1) is 19.2. The molecule has 3 N–H and O–H groups in total. The largest absolute Gasteiger partial charge is 0.444 e. The normalized spacial score (nSPS) is 13.8. The monoisotopic (exact) mass is 340 g/mol. The molecule has 0 saturated carbocycles. The molecular weight excluding hydrogens is 316 g/mol. The molecule has 1 aromatic carbocycles. The van der Waals surface area contributed by atoms with E-state index in [0.717, 1.165) is 17.2 Å². The Balaban J connectivity index is 2.60. The van der Waals surface area contributed by atoms with Crippen LogP contribution in [0.3, 0.4) is 0 Å². The highest BCUT2D eigenvalue weighted by Crippen LogP contribution is 2.14. The van der Waals surface area contributed by atoms with E-state index in [2.05, 4.69) is 5.32 Å². The van der Waals surface area contributed by atoms with Crippen molar-refractivity contribution in [2.45, 2.75) is 38.8 Å². The molecule has 128 valence electrons. The van der Waals surface area contributed by atoms with Gasteiger partial charge in [0.1, 0.15) is 5.60 Å². The highest BCUT2D eigenvalue weighted by molar-refractivity contribution is 7.93. The Morgan fingerprint density at radius 3 is 2.35 bits per heavy atom. The van der Waals surface area contributed by atoms with Crippen molar-refractivity contribution in [1.29, 1.82) is 0 Å². The second-order valence-electron chi connectivity index (χ2n) is 6.35. The van der Waals surface area contributed by atoms with Crippen LogP contribution in [0.4, 0.5) is 10.5 Å². The summed E-state index contributed by atoms with van der Waals surface area (Å²) >= 11 is 0. The van der Waals surface area contributed by atoms with E-state index < -0.39 is 27.6 Å². The Morgan fingerprint density at radius 2 is 1.87 bits per heavy atom. The lowest BCUT2D eigenvalue weighted by atomic mass is 10.1. The fourth-order valence-corrected chi connectivity index (χ4v) is 2.22. The lowest BCUT2D eigenvalue weighted by Gasteiger charge is -2.19. The van der Waals surface area contributed by atoms with Gasteiger partial charge in [-0.1, -0.05) is 18.2 Å². The maximum absolute atomic E-state index is 11.7. The molecule has 1 aromatic rings. The number of benzene rings is 1. The first-order valence-electron chi connectivity index (χ1n) is 7.17. The van der Waals surface area contributed by atoms with Gasteiger partial charge < -0.3 is 10.5 Å². The van der Waals surface area contributed by atoms with Gasteiger partial charge in [0.25, 0.3) is 0 Å². The smallest absolute Gasteiger partial charge is 0.412 e. The molecule has 0 radical (unpaired) electrons. The van der Waals surface area contributed by atoms with E-state index in [1.165, 1.54) is 6.08 Å². The molecule has 0 saturated heterocycles. The summed E-state index contributed by atoms with van der Waals surface area (Å²) in [7, 11) is -3.17. The van der Waals surface area contributed by atoms with E-state index in [1.54, 1.807) is 32.9 Å². The van der Waals surface area contributed by atoms with Crippen LogP contribution in [-0.2, 0) is 21.0 Å². The quantitative estimate of drug-likeness (QED) is 0.858. The van der Waals surface area contributed by atoms with Crippen LogP contribution in [0.5, 0.6) is 0 Å². The molecule has 7 heteroatoms. The first-order valence-corrected chi connectivity index (χ1v) is 9.13. The summed E-state index contributed by atoms with van der Waals surface area (Å²) in [5.41, 5.74) is 6.86. The van der Waals surface area contributed by atoms with E-state index >= 15 is 0 Å². The van der Waals surface area contributed by atoms with E-state index in [0.29, 0.717) is 12.1 Å². The third kappa shape index (κ3) is 9.00. The second kappa shape index (κ2) is 7.61. The zero-order chi connectivity index (χ0) is 17.7. The molecule has 0 aromatic heterocycles. The Kier molecular flexibility index (Phi) is 6.35. The Bertz CT molecular complexity index is 658. The number of sulfone groups is 1. The van der Waals surface area contributed by atoms with Crippen molar-refractivity contribution < 1.29 is 17.9 Å². The van der Waals surface area contributed by atoms with Crippen molar-refractivity contribution in [1.82, 2.24) is 0 Å². The lowest BCUT2D eigenvalue weighted by molar-refractivity contribution is 0.0636. The third-order valence-corrected chi connectivity index (χ3v) is 3.30.